The van der Waals surface area contributed by atoms with Crippen molar-refractivity contribution in [3.05, 3.63) is 59.9 Å². The number of aliphatic hydroxyl groups is 1. The Hall–Kier alpha value is -2.93. The zero-order valence-corrected chi connectivity index (χ0v) is 17.6. The first-order chi connectivity index (χ1) is 13.8. The fourth-order valence-electron chi connectivity index (χ4n) is 2.65. The van der Waals surface area contributed by atoms with Crippen LogP contribution in [-0.4, -0.2) is 41.6 Å². The predicted molar refractivity (Wildman–Crippen MR) is 117 cm³/mol. The molecule has 0 aliphatic heterocycles. The van der Waals surface area contributed by atoms with E-state index in [2.05, 4.69) is 46.7 Å². The number of guanidine groups is 1. The molecular formula is C22H31N5O2. The van der Waals surface area contributed by atoms with Crippen molar-refractivity contribution in [3.8, 4) is 0 Å². The van der Waals surface area contributed by atoms with Crippen LogP contribution >= 0.6 is 0 Å². The van der Waals surface area contributed by atoms with Crippen molar-refractivity contribution < 1.29 is 9.90 Å². The van der Waals surface area contributed by atoms with Crippen LogP contribution in [-0.2, 0) is 10.2 Å². The highest BCUT2D eigenvalue weighted by molar-refractivity contribution is 5.93. The second kappa shape index (κ2) is 10.6. The van der Waals surface area contributed by atoms with E-state index in [0.717, 1.165) is 5.56 Å². The smallest absolute Gasteiger partial charge is 0.246 e. The van der Waals surface area contributed by atoms with E-state index in [1.54, 1.807) is 24.5 Å². The number of hydrogen-bond donors (Lipinski definition) is 4. The van der Waals surface area contributed by atoms with Crippen molar-refractivity contribution in [3.63, 3.8) is 0 Å². The van der Waals surface area contributed by atoms with Gasteiger partial charge in [0.25, 0.3) is 0 Å². The standard InChI is InChI=1S/C22H31N5O2/c1-5-24-21(26-15-20(29)27-18-7-6-12-23-13-18)25-14-19(28)16-8-10-17(11-9-16)22(2,3)4/h6-13,19,28H,5,14-15H2,1-4H3,(H,27,29)(H2,24,25,26). The Kier molecular flexibility index (Phi) is 8.15. The maximum atomic E-state index is 12.0. The van der Waals surface area contributed by atoms with Gasteiger partial charge in [0.2, 0.25) is 5.91 Å². The van der Waals surface area contributed by atoms with Crippen molar-refractivity contribution in [2.24, 2.45) is 4.99 Å². The van der Waals surface area contributed by atoms with Gasteiger partial charge in [-0.15, -0.1) is 0 Å². The highest BCUT2D eigenvalue weighted by atomic mass is 16.3. The summed E-state index contributed by atoms with van der Waals surface area (Å²) in [6, 6.07) is 11.5. The van der Waals surface area contributed by atoms with E-state index in [0.29, 0.717) is 18.2 Å². The van der Waals surface area contributed by atoms with E-state index in [9.17, 15) is 9.90 Å². The molecule has 0 bridgehead atoms. The van der Waals surface area contributed by atoms with Crippen molar-refractivity contribution in [2.75, 3.05) is 25.0 Å². The van der Waals surface area contributed by atoms with E-state index >= 15 is 0 Å². The SMILES string of the molecule is CCNC(=NCC(=O)Nc1cccnc1)NCC(O)c1ccc(C(C)(C)C)cc1. The van der Waals surface area contributed by atoms with E-state index in [1.807, 2.05) is 31.2 Å². The molecule has 0 aliphatic rings. The monoisotopic (exact) mass is 397 g/mol. The fraction of sp³-hybridized carbons (Fsp3) is 0.409. The third-order valence-electron chi connectivity index (χ3n) is 4.29. The van der Waals surface area contributed by atoms with Gasteiger partial charge in [0.1, 0.15) is 6.54 Å². The Balaban J connectivity index is 1.90. The molecule has 0 spiro atoms. The minimum absolute atomic E-state index is 0.0411. The van der Waals surface area contributed by atoms with Crippen molar-refractivity contribution in [1.29, 1.82) is 0 Å². The maximum absolute atomic E-state index is 12.0. The molecule has 1 aromatic heterocycles. The average molecular weight is 398 g/mol. The van der Waals surface area contributed by atoms with Crippen LogP contribution in [0.5, 0.6) is 0 Å². The Bertz CT molecular complexity index is 798. The van der Waals surface area contributed by atoms with Gasteiger partial charge < -0.3 is 21.1 Å². The highest BCUT2D eigenvalue weighted by Crippen LogP contribution is 2.23. The molecular weight excluding hydrogens is 366 g/mol. The summed E-state index contributed by atoms with van der Waals surface area (Å²) < 4.78 is 0. The summed E-state index contributed by atoms with van der Waals surface area (Å²) in [5.41, 5.74) is 2.74. The number of pyridine rings is 1. The largest absolute Gasteiger partial charge is 0.387 e. The molecule has 1 unspecified atom stereocenters. The first-order valence-electron chi connectivity index (χ1n) is 9.80. The number of carbonyl (C=O) groups excluding carboxylic acids is 1. The molecule has 0 radical (unpaired) electrons. The van der Waals surface area contributed by atoms with Crippen molar-refractivity contribution in [1.82, 2.24) is 15.6 Å². The number of aromatic nitrogens is 1. The highest BCUT2D eigenvalue weighted by Gasteiger charge is 2.15. The summed E-state index contributed by atoms with van der Waals surface area (Å²) in [6.07, 6.45) is 2.53. The van der Waals surface area contributed by atoms with Gasteiger partial charge in [-0.1, -0.05) is 45.0 Å². The Morgan fingerprint density at radius 1 is 1.17 bits per heavy atom. The summed E-state index contributed by atoms with van der Waals surface area (Å²) in [6.45, 7) is 9.29. The van der Waals surface area contributed by atoms with Gasteiger partial charge in [-0.25, -0.2) is 4.99 Å². The first-order valence-corrected chi connectivity index (χ1v) is 9.80. The molecule has 156 valence electrons. The average Bonchev–Trinajstić information content (AvgIpc) is 2.70. The van der Waals surface area contributed by atoms with E-state index in [4.69, 9.17) is 0 Å². The lowest BCUT2D eigenvalue weighted by Gasteiger charge is -2.20. The number of anilines is 1. The molecule has 1 atom stereocenters. The molecule has 1 aromatic carbocycles. The zero-order chi connectivity index (χ0) is 21.3. The lowest BCUT2D eigenvalue weighted by molar-refractivity contribution is -0.114. The number of rotatable bonds is 7. The summed E-state index contributed by atoms with van der Waals surface area (Å²) in [4.78, 5) is 20.3. The molecule has 0 fully saturated rings. The summed E-state index contributed by atoms with van der Waals surface area (Å²) in [5, 5.41) is 19.4. The third kappa shape index (κ3) is 7.54. The molecule has 1 amide bonds. The fourth-order valence-corrected chi connectivity index (χ4v) is 2.65. The molecule has 0 saturated carbocycles. The van der Waals surface area contributed by atoms with Gasteiger partial charge in [0.15, 0.2) is 5.96 Å². The Labute approximate surface area is 172 Å². The van der Waals surface area contributed by atoms with Crippen LogP contribution in [0.4, 0.5) is 5.69 Å². The minimum atomic E-state index is -0.683. The van der Waals surface area contributed by atoms with Crippen LogP contribution in [0.1, 0.15) is 44.9 Å². The number of aliphatic hydroxyl groups excluding tert-OH is 1. The number of hydrogen-bond acceptors (Lipinski definition) is 4. The summed E-state index contributed by atoms with van der Waals surface area (Å²) in [5.74, 6) is 0.229. The Morgan fingerprint density at radius 3 is 2.48 bits per heavy atom. The maximum Gasteiger partial charge on any atom is 0.246 e. The molecule has 1 heterocycles. The second-order valence-corrected chi connectivity index (χ2v) is 7.75. The number of nitrogens with one attached hydrogen (secondary N) is 3. The molecule has 0 aliphatic carbocycles. The van der Waals surface area contributed by atoms with E-state index < -0.39 is 6.10 Å². The number of nitrogens with zero attached hydrogens (tertiary/aromatic N) is 2. The van der Waals surface area contributed by atoms with Gasteiger partial charge in [-0.3, -0.25) is 9.78 Å². The number of carbonyl (C=O) groups is 1. The Morgan fingerprint density at radius 2 is 1.90 bits per heavy atom. The van der Waals surface area contributed by atoms with Crippen LogP contribution < -0.4 is 16.0 Å². The van der Waals surface area contributed by atoms with Crippen LogP contribution in [0.3, 0.4) is 0 Å². The van der Waals surface area contributed by atoms with Gasteiger partial charge in [0, 0.05) is 19.3 Å². The van der Waals surface area contributed by atoms with Crippen molar-refractivity contribution in [2.45, 2.75) is 39.2 Å². The lowest BCUT2D eigenvalue weighted by atomic mass is 9.86. The van der Waals surface area contributed by atoms with Crippen LogP contribution in [0, 0.1) is 0 Å². The minimum Gasteiger partial charge on any atom is -0.387 e. The zero-order valence-electron chi connectivity index (χ0n) is 17.6. The molecule has 4 N–H and O–H groups in total. The van der Waals surface area contributed by atoms with Crippen LogP contribution in [0.25, 0.3) is 0 Å². The lowest BCUT2D eigenvalue weighted by Crippen LogP contribution is -2.40. The number of amides is 1. The van der Waals surface area contributed by atoms with Gasteiger partial charge in [0.05, 0.1) is 18.0 Å². The summed E-state index contributed by atoms with van der Waals surface area (Å²) >= 11 is 0. The number of aliphatic imine (C=N–C) groups is 1. The molecule has 2 rings (SSSR count). The first kappa shape index (κ1) is 22.4. The van der Waals surface area contributed by atoms with E-state index in [1.165, 1.54) is 5.56 Å². The summed E-state index contributed by atoms with van der Waals surface area (Å²) in [7, 11) is 0. The molecule has 7 heteroatoms. The molecule has 29 heavy (non-hydrogen) atoms. The predicted octanol–water partition coefficient (Wildman–Crippen LogP) is 2.61. The second-order valence-electron chi connectivity index (χ2n) is 7.75. The molecule has 0 saturated heterocycles. The topological polar surface area (TPSA) is 98.6 Å². The normalized spacial score (nSPS) is 12.9. The van der Waals surface area contributed by atoms with Crippen LogP contribution in [0.15, 0.2) is 53.8 Å². The molecule has 2 aromatic rings. The van der Waals surface area contributed by atoms with E-state index in [-0.39, 0.29) is 24.4 Å². The van der Waals surface area contributed by atoms with Crippen molar-refractivity contribution >= 4 is 17.6 Å². The van der Waals surface area contributed by atoms with Gasteiger partial charge in [-0.2, -0.15) is 0 Å². The molecule has 7 nitrogen and oxygen atoms in total. The number of benzene rings is 1. The van der Waals surface area contributed by atoms with Gasteiger partial charge >= 0.3 is 0 Å². The van der Waals surface area contributed by atoms with Gasteiger partial charge in [-0.05, 0) is 35.6 Å². The quantitative estimate of drug-likeness (QED) is 0.425. The van der Waals surface area contributed by atoms with Crippen LogP contribution in [0.2, 0.25) is 0 Å². The third-order valence-corrected chi connectivity index (χ3v) is 4.29.